The van der Waals surface area contributed by atoms with E-state index in [1.54, 1.807) is 0 Å². The lowest BCUT2D eigenvalue weighted by atomic mass is 9.97. The molecule has 78 valence electrons. The van der Waals surface area contributed by atoms with Gasteiger partial charge in [-0.05, 0) is 18.4 Å². The molecule has 0 unspecified atom stereocenters. The maximum atomic E-state index is 13.3. The van der Waals surface area contributed by atoms with E-state index in [2.05, 4.69) is 0 Å². The average Bonchev–Trinajstić information content (AvgIpc) is 2.01. The first-order chi connectivity index (χ1) is 6.50. The lowest BCUT2D eigenvalue weighted by Gasteiger charge is -2.15. The summed E-state index contributed by atoms with van der Waals surface area (Å²) in [6.45, 7) is 4.08. The van der Waals surface area contributed by atoms with Crippen molar-refractivity contribution < 1.29 is 9.50 Å². The number of hydrogen-bond acceptors (Lipinski definition) is 2. The van der Waals surface area contributed by atoms with Crippen molar-refractivity contribution in [1.82, 2.24) is 0 Å². The van der Waals surface area contributed by atoms with Crippen LogP contribution in [0.4, 0.5) is 4.39 Å². The van der Waals surface area contributed by atoms with E-state index in [0.29, 0.717) is 11.5 Å². The zero-order chi connectivity index (χ0) is 10.7. The van der Waals surface area contributed by atoms with E-state index >= 15 is 0 Å². The molecule has 0 saturated heterocycles. The molecule has 1 aromatic rings. The highest BCUT2D eigenvalue weighted by atomic mass is 19.1. The summed E-state index contributed by atoms with van der Waals surface area (Å²) in [4.78, 5) is 0. The normalized spacial score (nSPS) is 13.2. The molecule has 0 aromatic heterocycles. The van der Waals surface area contributed by atoms with Crippen molar-refractivity contribution in [2.24, 2.45) is 11.7 Å². The van der Waals surface area contributed by atoms with Gasteiger partial charge in [0.05, 0.1) is 0 Å². The van der Waals surface area contributed by atoms with Gasteiger partial charge in [-0.3, -0.25) is 0 Å². The van der Waals surface area contributed by atoms with Crippen LogP contribution in [0.25, 0.3) is 0 Å². The minimum absolute atomic E-state index is 0.0667. The van der Waals surface area contributed by atoms with Gasteiger partial charge in [0.2, 0.25) is 0 Å². The molecule has 3 N–H and O–H groups in total. The standard InChI is InChI=1S/C11H16FNO/c1-7(2)5-11(13)9-4-3-8(14)6-10(9)12/h3-4,6-7,11,14H,5,13H2,1-2H3/t11-/m0/s1. The number of hydrogen-bond donors (Lipinski definition) is 2. The molecule has 0 aliphatic rings. The van der Waals surface area contributed by atoms with Gasteiger partial charge in [-0.25, -0.2) is 4.39 Å². The van der Waals surface area contributed by atoms with Gasteiger partial charge in [-0.2, -0.15) is 0 Å². The zero-order valence-corrected chi connectivity index (χ0v) is 8.50. The average molecular weight is 197 g/mol. The number of phenolic OH excluding ortho intramolecular Hbond substituents is 1. The van der Waals surface area contributed by atoms with Gasteiger partial charge in [-0.15, -0.1) is 0 Å². The zero-order valence-electron chi connectivity index (χ0n) is 8.50. The van der Waals surface area contributed by atoms with E-state index in [-0.39, 0.29) is 11.8 Å². The molecular formula is C11H16FNO. The summed E-state index contributed by atoms with van der Waals surface area (Å²) in [5.41, 5.74) is 6.29. The Bertz CT molecular complexity index is 312. The summed E-state index contributed by atoms with van der Waals surface area (Å²) in [5, 5.41) is 9.02. The SMILES string of the molecule is CC(C)C[C@H](N)c1ccc(O)cc1F. The number of halogens is 1. The van der Waals surface area contributed by atoms with E-state index in [1.165, 1.54) is 12.1 Å². The molecule has 1 rings (SSSR count). The largest absolute Gasteiger partial charge is 0.508 e. The first-order valence-electron chi connectivity index (χ1n) is 4.74. The molecule has 0 amide bonds. The van der Waals surface area contributed by atoms with Gasteiger partial charge in [-0.1, -0.05) is 19.9 Å². The molecule has 0 heterocycles. The Morgan fingerprint density at radius 3 is 2.57 bits per heavy atom. The summed E-state index contributed by atoms with van der Waals surface area (Å²) in [5.74, 6) is -0.0700. The molecule has 0 spiro atoms. The smallest absolute Gasteiger partial charge is 0.131 e. The molecule has 14 heavy (non-hydrogen) atoms. The topological polar surface area (TPSA) is 46.2 Å². The Kier molecular flexibility index (Phi) is 3.47. The number of benzene rings is 1. The highest BCUT2D eigenvalue weighted by Gasteiger charge is 2.12. The van der Waals surface area contributed by atoms with Crippen molar-refractivity contribution in [2.45, 2.75) is 26.3 Å². The van der Waals surface area contributed by atoms with Crippen LogP contribution in [0.2, 0.25) is 0 Å². The lowest BCUT2D eigenvalue weighted by Crippen LogP contribution is -2.14. The first-order valence-corrected chi connectivity index (χ1v) is 4.74. The second kappa shape index (κ2) is 4.42. The van der Waals surface area contributed by atoms with Crippen LogP contribution >= 0.6 is 0 Å². The van der Waals surface area contributed by atoms with Crippen LogP contribution in [0, 0.1) is 11.7 Å². The van der Waals surface area contributed by atoms with Crippen LogP contribution in [0.3, 0.4) is 0 Å². The van der Waals surface area contributed by atoms with Gasteiger partial charge in [0, 0.05) is 17.7 Å². The maximum absolute atomic E-state index is 13.3. The van der Waals surface area contributed by atoms with Gasteiger partial charge < -0.3 is 10.8 Å². The highest BCUT2D eigenvalue weighted by Crippen LogP contribution is 2.23. The quantitative estimate of drug-likeness (QED) is 0.782. The molecule has 1 atom stereocenters. The van der Waals surface area contributed by atoms with Crippen LogP contribution in [-0.2, 0) is 0 Å². The molecular weight excluding hydrogens is 181 g/mol. The van der Waals surface area contributed by atoms with Crippen LogP contribution in [0.5, 0.6) is 5.75 Å². The highest BCUT2D eigenvalue weighted by molar-refractivity contribution is 5.29. The summed E-state index contributed by atoms with van der Waals surface area (Å²) in [7, 11) is 0. The Balaban J connectivity index is 2.84. The molecule has 3 heteroatoms. The molecule has 0 fully saturated rings. The van der Waals surface area contributed by atoms with Crippen molar-refractivity contribution in [1.29, 1.82) is 0 Å². The molecule has 2 nitrogen and oxygen atoms in total. The van der Waals surface area contributed by atoms with Crippen LogP contribution in [0.1, 0.15) is 31.9 Å². The molecule has 1 aromatic carbocycles. The van der Waals surface area contributed by atoms with Gasteiger partial charge in [0.1, 0.15) is 11.6 Å². The predicted molar refractivity (Wildman–Crippen MR) is 54.4 cm³/mol. The summed E-state index contributed by atoms with van der Waals surface area (Å²) in [6, 6.07) is 3.79. The third-order valence-corrected chi connectivity index (χ3v) is 2.11. The monoisotopic (exact) mass is 197 g/mol. The Morgan fingerprint density at radius 1 is 1.43 bits per heavy atom. The van der Waals surface area contributed by atoms with E-state index in [9.17, 15) is 4.39 Å². The van der Waals surface area contributed by atoms with Crippen molar-refractivity contribution >= 4 is 0 Å². The van der Waals surface area contributed by atoms with E-state index in [1.807, 2.05) is 13.8 Å². The third kappa shape index (κ3) is 2.70. The number of nitrogens with two attached hydrogens (primary N) is 1. The second-order valence-corrected chi connectivity index (χ2v) is 3.94. The summed E-state index contributed by atoms with van der Waals surface area (Å²) < 4.78 is 13.3. The van der Waals surface area contributed by atoms with E-state index < -0.39 is 5.82 Å². The fourth-order valence-corrected chi connectivity index (χ4v) is 1.45. The van der Waals surface area contributed by atoms with Crippen LogP contribution < -0.4 is 5.73 Å². The maximum Gasteiger partial charge on any atom is 0.131 e. The van der Waals surface area contributed by atoms with Crippen LogP contribution in [0.15, 0.2) is 18.2 Å². The second-order valence-electron chi connectivity index (χ2n) is 3.94. The fourth-order valence-electron chi connectivity index (χ4n) is 1.45. The predicted octanol–water partition coefficient (Wildman–Crippen LogP) is 2.58. The van der Waals surface area contributed by atoms with Crippen molar-refractivity contribution in [3.63, 3.8) is 0 Å². The molecule has 0 saturated carbocycles. The summed E-state index contributed by atoms with van der Waals surface area (Å²) in [6.07, 6.45) is 0.738. The van der Waals surface area contributed by atoms with Gasteiger partial charge in [0.15, 0.2) is 0 Å². The van der Waals surface area contributed by atoms with E-state index in [0.717, 1.165) is 12.5 Å². The van der Waals surface area contributed by atoms with Crippen molar-refractivity contribution in [3.05, 3.63) is 29.6 Å². The number of rotatable bonds is 3. The molecule has 0 aliphatic carbocycles. The van der Waals surface area contributed by atoms with Crippen molar-refractivity contribution in [3.8, 4) is 5.75 Å². The van der Waals surface area contributed by atoms with Crippen LogP contribution in [-0.4, -0.2) is 5.11 Å². The van der Waals surface area contributed by atoms with Crippen molar-refractivity contribution in [2.75, 3.05) is 0 Å². The van der Waals surface area contributed by atoms with E-state index in [4.69, 9.17) is 10.8 Å². The first kappa shape index (κ1) is 11.0. The minimum atomic E-state index is -0.432. The molecule has 0 bridgehead atoms. The third-order valence-electron chi connectivity index (χ3n) is 2.11. The lowest BCUT2D eigenvalue weighted by molar-refractivity contribution is 0.459. The van der Waals surface area contributed by atoms with Gasteiger partial charge in [0.25, 0.3) is 0 Å². The fraction of sp³-hybridized carbons (Fsp3) is 0.455. The Morgan fingerprint density at radius 2 is 2.07 bits per heavy atom. The summed E-state index contributed by atoms with van der Waals surface area (Å²) >= 11 is 0. The Hall–Kier alpha value is -1.09. The number of phenols is 1. The molecule has 0 aliphatic heterocycles. The number of aromatic hydroxyl groups is 1. The molecule has 0 radical (unpaired) electrons. The van der Waals surface area contributed by atoms with Gasteiger partial charge >= 0.3 is 0 Å². The Labute approximate surface area is 83.6 Å². The minimum Gasteiger partial charge on any atom is -0.508 e.